The molecule has 1 aromatic carbocycles. The number of ether oxygens (including phenoxy) is 1. The van der Waals surface area contributed by atoms with E-state index in [1.165, 1.54) is 7.11 Å². The van der Waals surface area contributed by atoms with Crippen LogP contribution < -0.4 is 0 Å². The number of esters is 1. The molecule has 2 aliphatic rings. The number of likely N-dealkylation sites (tertiary alicyclic amines) is 1. The highest BCUT2D eigenvalue weighted by Gasteiger charge is 2.40. The van der Waals surface area contributed by atoms with Gasteiger partial charge in [0.05, 0.1) is 25.5 Å². The van der Waals surface area contributed by atoms with Crippen molar-refractivity contribution in [3.05, 3.63) is 47.5 Å². The number of benzene rings is 1. The molecular weight excluding hydrogens is 254 g/mol. The van der Waals surface area contributed by atoms with Crippen molar-refractivity contribution in [3.8, 4) is 0 Å². The summed E-state index contributed by atoms with van der Waals surface area (Å²) >= 11 is 0. The predicted molar refractivity (Wildman–Crippen MR) is 73.7 cm³/mol. The molecule has 1 heterocycles. The zero-order chi connectivity index (χ0) is 14.1. The number of hydrogen-bond donors (Lipinski definition) is 0. The van der Waals surface area contributed by atoms with Crippen LogP contribution in [0.25, 0.3) is 0 Å². The van der Waals surface area contributed by atoms with Gasteiger partial charge < -0.3 is 9.64 Å². The highest BCUT2D eigenvalue weighted by Crippen LogP contribution is 2.34. The molecule has 0 aromatic heterocycles. The van der Waals surface area contributed by atoms with Crippen LogP contribution in [0.2, 0.25) is 0 Å². The summed E-state index contributed by atoms with van der Waals surface area (Å²) in [4.78, 5) is 25.5. The lowest BCUT2D eigenvalue weighted by Crippen LogP contribution is -2.34. The maximum atomic E-state index is 12.1. The van der Waals surface area contributed by atoms with E-state index < -0.39 is 0 Å². The maximum absolute atomic E-state index is 12.1. The zero-order valence-corrected chi connectivity index (χ0v) is 11.4. The van der Waals surface area contributed by atoms with Gasteiger partial charge in [0, 0.05) is 6.54 Å². The van der Waals surface area contributed by atoms with Crippen molar-refractivity contribution in [1.82, 2.24) is 4.90 Å². The van der Waals surface area contributed by atoms with Gasteiger partial charge in [0.15, 0.2) is 0 Å². The van der Waals surface area contributed by atoms with Crippen LogP contribution in [0.15, 0.2) is 36.4 Å². The molecule has 20 heavy (non-hydrogen) atoms. The second-order valence-corrected chi connectivity index (χ2v) is 5.28. The van der Waals surface area contributed by atoms with Gasteiger partial charge in [0.1, 0.15) is 0 Å². The van der Waals surface area contributed by atoms with Gasteiger partial charge in [0.2, 0.25) is 5.91 Å². The van der Waals surface area contributed by atoms with Crippen LogP contribution >= 0.6 is 0 Å². The number of carbonyl (C=O) groups excluding carboxylic acids is 2. The maximum Gasteiger partial charge on any atom is 0.309 e. The van der Waals surface area contributed by atoms with Crippen molar-refractivity contribution in [2.75, 3.05) is 7.11 Å². The molecule has 3 rings (SSSR count). The minimum absolute atomic E-state index is 0.0627. The second-order valence-electron chi connectivity index (χ2n) is 5.28. The van der Waals surface area contributed by atoms with Crippen LogP contribution in [0.5, 0.6) is 0 Å². The molecule has 2 bridgehead atoms. The predicted octanol–water partition coefficient (Wildman–Crippen LogP) is 1.69. The third-order valence-corrected chi connectivity index (χ3v) is 4.08. The zero-order valence-electron chi connectivity index (χ0n) is 11.4. The Labute approximate surface area is 118 Å². The summed E-state index contributed by atoms with van der Waals surface area (Å²) in [6.45, 7) is 0.567. The Balaban J connectivity index is 1.79. The van der Waals surface area contributed by atoms with Gasteiger partial charge >= 0.3 is 5.97 Å². The first kappa shape index (κ1) is 12.9. The molecule has 1 fully saturated rings. The number of carbonyl (C=O) groups is 2. The minimum atomic E-state index is -0.258. The molecule has 4 heteroatoms. The summed E-state index contributed by atoms with van der Waals surface area (Å²) in [7, 11) is 1.39. The molecule has 1 amide bonds. The van der Waals surface area contributed by atoms with Crippen LogP contribution in [-0.4, -0.2) is 29.9 Å². The van der Waals surface area contributed by atoms with E-state index in [1.807, 2.05) is 35.2 Å². The smallest absolute Gasteiger partial charge is 0.309 e. The van der Waals surface area contributed by atoms with E-state index in [9.17, 15) is 9.59 Å². The third-order valence-electron chi connectivity index (χ3n) is 4.08. The van der Waals surface area contributed by atoms with Gasteiger partial charge in [-0.25, -0.2) is 0 Å². The first-order valence-corrected chi connectivity index (χ1v) is 6.81. The minimum Gasteiger partial charge on any atom is -0.469 e. The fourth-order valence-electron chi connectivity index (χ4n) is 2.96. The first-order valence-electron chi connectivity index (χ1n) is 6.81. The van der Waals surface area contributed by atoms with E-state index in [4.69, 9.17) is 4.74 Å². The molecule has 1 aliphatic carbocycles. The standard InChI is InChI=1S/C16H17NO3/c1-20-15(18)9-11-4-2-3-5-13(11)10-17-14-7-6-12(8-14)16(17)19/h2-7,12,14H,8-10H2,1H3. The van der Waals surface area contributed by atoms with E-state index in [1.54, 1.807) is 0 Å². The van der Waals surface area contributed by atoms with Crippen molar-refractivity contribution in [3.63, 3.8) is 0 Å². The van der Waals surface area contributed by atoms with Gasteiger partial charge in [0.25, 0.3) is 0 Å². The summed E-state index contributed by atoms with van der Waals surface area (Å²) in [6, 6.07) is 7.95. The average Bonchev–Trinajstić information content (AvgIpc) is 3.04. The fraction of sp³-hybridized carbons (Fsp3) is 0.375. The number of hydrogen-bond acceptors (Lipinski definition) is 3. The molecule has 4 nitrogen and oxygen atoms in total. The summed E-state index contributed by atoms with van der Waals surface area (Å²) in [5.41, 5.74) is 1.95. The lowest BCUT2D eigenvalue weighted by atomic mass is 10.0. The van der Waals surface area contributed by atoms with Crippen molar-refractivity contribution < 1.29 is 14.3 Å². The van der Waals surface area contributed by atoms with Crippen molar-refractivity contribution in [2.24, 2.45) is 5.92 Å². The Bertz CT molecular complexity index is 579. The van der Waals surface area contributed by atoms with E-state index in [2.05, 4.69) is 6.08 Å². The normalized spacial score (nSPS) is 23.4. The van der Waals surface area contributed by atoms with Crippen LogP contribution in [-0.2, 0) is 27.3 Å². The number of rotatable bonds is 4. The Morgan fingerprint density at radius 3 is 2.70 bits per heavy atom. The number of fused-ring (bicyclic) bond motifs is 2. The third kappa shape index (κ3) is 2.22. The topological polar surface area (TPSA) is 46.6 Å². The highest BCUT2D eigenvalue weighted by atomic mass is 16.5. The number of methoxy groups -OCH3 is 1. The molecule has 0 saturated carbocycles. The lowest BCUT2D eigenvalue weighted by Gasteiger charge is -2.25. The summed E-state index contributed by atoms with van der Waals surface area (Å²) in [6.07, 6.45) is 5.26. The number of amides is 1. The van der Waals surface area contributed by atoms with Crippen LogP contribution in [0.3, 0.4) is 0 Å². The molecule has 0 radical (unpaired) electrons. The molecule has 0 N–H and O–H groups in total. The van der Waals surface area contributed by atoms with Crippen LogP contribution in [0.1, 0.15) is 17.5 Å². The molecule has 1 aromatic rings. The van der Waals surface area contributed by atoms with Crippen molar-refractivity contribution in [2.45, 2.75) is 25.4 Å². The van der Waals surface area contributed by atoms with E-state index >= 15 is 0 Å². The molecule has 2 atom stereocenters. The first-order chi connectivity index (χ1) is 9.69. The molecular formula is C16H17NO3. The van der Waals surface area contributed by atoms with Gasteiger partial charge in [-0.3, -0.25) is 9.59 Å². The van der Waals surface area contributed by atoms with Gasteiger partial charge in [-0.05, 0) is 17.5 Å². The Morgan fingerprint density at radius 2 is 2.05 bits per heavy atom. The van der Waals surface area contributed by atoms with E-state index in [-0.39, 0.29) is 30.3 Å². The molecule has 1 aliphatic heterocycles. The molecule has 104 valence electrons. The van der Waals surface area contributed by atoms with E-state index in [0.717, 1.165) is 17.5 Å². The van der Waals surface area contributed by atoms with E-state index in [0.29, 0.717) is 6.54 Å². The lowest BCUT2D eigenvalue weighted by molar-refractivity contribution is -0.139. The Kier molecular flexibility index (Phi) is 3.30. The SMILES string of the molecule is COC(=O)Cc1ccccc1CN1C(=O)C2C=CC1C2. The van der Waals surface area contributed by atoms with Crippen LogP contribution in [0.4, 0.5) is 0 Å². The van der Waals surface area contributed by atoms with Crippen molar-refractivity contribution >= 4 is 11.9 Å². The second kappa shape index (κ2) is 5.12. The van der Waals surface area contributed by atoms with Crippen LogP contribution in [0, 0.1) is 5.92 Å². The Hall–Kier alpha value is -2.10. The van der Waals surface area contributed by atoms with Gasteiger partial charge in [-0.2, -0.15) is 0 Å². The number of nitrogens with zero attached hydrogens (tertiary/aromatic N) is 1. The molecule has 1 saturated heterocycles. The van der Waals surface area contributed by atoms with Gasteiger partial charge in [-0.15, -0.1) is 0 Å². The monoisotopic (exact) mass is 271 g/mol. The fourth-order valence-corrected chi connectivity index (χ4v) is 2.96. The summed E-state index contributed by atoms with van der Waals surface area (Å²) in [5.74, 6) is 0.00440. The Morgan fingerprint density at radius 1 is 1.30 bits per heavy atom. The quantitative estimate of drug-likeness (QED) is 0.618. The average molecular weight is 271 g/mol. The molecule has 2 unspecified atom stereocenters. The molecule has 0 spiro atoms. The van der Waals surface area contributed by atoms with Crippen molar-refractivity contribution in [1.29, 1.82) is 0 Å². The summed E-state index contributed by atoms with van der Waals surface area (Å²) in [5, 5.41) is 0. The van der Waals surface area contributed by atoms with Gasteiger partial charge in [-0.1, -0.05) is 36.4 Å². The largest absolute Gasteiger partial charge is 0.469 e. The summed E-state index contributed by atoms with van der Waals surface area (Å²) < 4.78 is 4.72. The highest BCUT2D eigenvalue weighted by molar-refractivity contribution is 5.85.